The lowest BCUT2D eigenvalue weighted by Crippen LogP contribution is -2.32. The number of carbonyl (C=O) groups excluding carboxylic acids is 3. The van der Waals surface area contributed by atoms with Crippen LogP contribution in [0, 0.1) is 13.8 Å². The summed E-state index contributed by atoms with van der Waals surface area (Å²) in [7, 11) is 3.02. The van der Waals surface area contributed by atoms with Crippen molar-refractivity contribution in [1.82, 2.24) is 5.43 Å². The Labute approximate surface area is 214 Å². The SMILES string of the molecule is COc1ccc(NC(=O)COc2c(/C=N\NC(=O)C(=O)Nc3c(C)cccc3C)cccc2OC)cc1. The summed E-state index contributed by atoms with van der Waals surface area (Å²) in [5.41, 5.74) is 5.44. The number of carbonyl (C=O) groups is 3. The number of hydrazone groups is 1. The Kier molecular flexibility index (Phi) is 9.20. The van der Waals surface area contributed by atoms with Crippen LogP contribution in [0.4, 0.5) is 11.4 Å². The number of rotatable bonds is 9. The fourth-order valence-corrected chi connectivity index (χ4v) is 3.35. The van der Waals surface area contributed by atoms with Gasteiger partial charge < -0.3 is 24.8 Å². The van der Waals surface area contributed by atoms with E-state index < -0.39 is 17.7 Å². The van der Waals surface area contributed by atoms with E-state index >= 15 is 0 Å². The van der Waals surface area contributed by atoms with Crippen molar-refractivity contribution in [3.05, 3.63) is 77.4 Å². The van der Waals surface area contributed by atoms with Gasteiger partial charge in [0.2, 0.25) is 0 Å². The van der Waals surface area contributed by atoms with Crippen LogP contribution >= 0.6 is 0 Å². The standard InChI is InChI=1S/C27H28N4O6/c1-17-7-5-8-18(2)24(17)30-26(33)27(34)31-28-15-19-9-6-10-22(36-4)25(19)37-16-23(32)29-20-11-13-21(35-3)14-12-20/h5-15H,16H2,1-4H3,(H,29,32)(H,30,33)(H,31,34)/b28-15-. The first-order valence-corrected chi connectivity index (χ1v) is 11.3. The third-order valence-corrected chi connectivity index (χ3v) is 5.25. The van der Waals surface area contributed by atoms with Gasteiger partial charge in [-0.05, 0) is 61.4 Å². The molecule has 3 aromatic carbocycles. The van der Waals surface area contributed by atoms with Gasteiger partial charge in [0.05, 0.1) is 20.4 Å². The minimum atomic E-state index is -0.942. The van der Waals surface area contributed by atoms with Gasteiger partial charge in [0.25, 0.3) is 5.91 Å². The maximum Gasteiger partial charge on any atom is 0.329 e. The van der Waals surface area contributed by atoms with Crippen molar-refractivity contribution in [2.75, 3.05) is 31.5 Å². The van der Waals surface area contributed by atoms with Gasteiger partial charge in [-0.1, -0.05) is 24.3 Å². The molecule has 3 rings (SSSR count). The lowest BCUT2D eigenvalue weighted by molar-refractivity contribution is -0.136. The van der Waals surface area contributed by atoms with Gasteiger partial charge in [0.1, 0.15) is 5.75 Å². The molecule has 0 aliphatic rings. The summed E-state index contributed by atoms with van der Waals surface area (Å²) in [6.07, 6.45) is 1.30. The predicted octanol–water partition coefficient (Wildman–Crippen LogP) is 3.43. The lowest BCUT2D eigenvalue weighted by Gasteiger charge is -2.13. The first-order chi connectivity index (χ1) is 17.8. The molecule has 0 fully saturated rings. The zero-order valence-electron chi connectivity index (χ0n) is 21.0. The Balaban J connectivity index is 1.63. The molecule has 0 atom stereocenters. The topological polar surface area (TPSA) is 127 Å². The van der Waals surface area contributed by atoms with Crippen LogP contribution in [0.2, 0.25) is 0 Å². The third-order valence-electron chi connectivity index (χ3n) is 5.25. The van der Waals surface area contributed by atoms with E-state index in [1.165, 1.54) is 13.3 Å². The molecule has 0 radical (unpaired) electrons. The van der Waals surface area contributed by atoms with Crippen molar-refractivity contribution in [2.24, 2.45) is 5.10 Å². The van der Waals surface area contributed by atoms with E-state index in [-0.39, 0.29) is 12.4 Å². The monoisotopic (exact) mass is 504 g/mol. The summed E-state index contributed by atoms with van der Waals surface area (Å²) in [5, 5.41) is 9.18. The molecular weight excluding hydrogens is 476 g/mol. The van der Waals surface area contributed by atoms with Crippen LogP contribution < -0.4 is 30.3 Å². The maximum absolute atomic E-state index is 12.4. The number of anilines is 2. The minimum Gasteiger partial charge on any atom is -0.497 e. The lowest BCUT2D eigenvalue weighted by atomic mass is 10.1. The highest BCUT2D eigenvalue weighted by molar-refractivity contribution is 6.39. The first kappa shape index (κ1) is 26.7. The van der Waals surface area contributed by atoms with E-state index in [1.54, 1.807) is 49.6 Å². The number of hydrogen-bond acceptors (Lipinski definition) is 7. The Morgan fingerprint density at radius 3 is 2.16 bits per heavy atom. The molecular formula is C27H28N4O6. The van der Waals surface area contributed by atoms with Gasteiger partial charge >= 0.3 is 11.8 Å². The number of para-hydroxylation sites is 2. The number of aryl methyl sites for hydroxylation is 2. The molecule has 0 aromatic heterocycles. The fraction of sp³-hybridized carbons (Fsp3) is 0.185. The van der Waals surface area contributed by atoms with E-state index in [1.807, 2.05) is 32.0 Å². The highest BCUT2D eigenvalue weighted by atomic mass is 16.5. The second-order valence-electron chi connectivity index (χ2n) is 7.86. The molecule has 3 amide bonds. The number of nitrogens with zero attached hydrogens (tertiary/aromatic N) is 1. The van der Waals surface area contributed by atoms with Crippen LogP contribution in [0.5, 0.6) is 17.2 Å². The second kappa shape index (κ2) is 12.7. The number of methoxy groups -OCH3 is 2. The van der Waals surface area contributed by atoms with E-state index in [4.69, 9.17) is 14.2 Å². The zero-order chi connectivity index (χ0) is 26.8. The van der Waals surface area contributed by atoms with Crippen molar-refractivity contribution in [1.29, 1.82) is 0 Å². The molecule has 0 aliphatic carbocycles. The minimum absolute atomic E-state index is 0.243. The molecule has 10 heteroatoms. The van der Waals surface area contributed by atoms with E-state index in [0.717, 1.165) is 11.1 Å². The average molecular weight is 505 g/mol. The Bertz CT molecular complexity index is 1280. The van der Waals surface area contributed by atoms with E-state index in [9.17, 15) is 14.4 Å². The van der Waals surface area contributed by atoms with Crippen LogP contribution in [-0.2, 0) is 14.4 Å². The Hall–Kier alpha value is -4.86. The van der Waals surface area contributed by atoms with Crippen LogP contribution in [0.3, 0.4) is 0 Å². The third kappa shape index (κ3) is 7.31. The quantitative estimate of drug-likeness (QED) is 0.233. The Morgan fingerprint density at radius 1 is 0.838 bits per heavy atom. The molecule has 0 aliphatic heterocycles. The number of hydrogen-bond donors (Lipinski definition) is 3. The van der Waals surface area contributed by atoms with Crippen LogP contribution in [-0.4, -0.2) is 44.8 Å². The van der Waals surface area contributed by atoms with E-state index in [2.05, 4.69) is 21.2 Å². The molecule has 3 N–H and O–H groups in total. The van der Waals surface area contributed by atoms with Crippen molar-refractivity contribution in [3.8, 4) is 17.2 Å². The van der Waals surface area contributed by atoms with Gasteiger partial charge in [-0.15, -0.1) is 0 Å². The Morgan fingerprint density at radius 2 is 1.51 bits per heavy atom. The molecule has 37 heavy (non-hydrogen) atoms. The average Bonchev–Trinajstić information content (AvgIpc) is 2.90. The zero-order valence-corrected chi connectivity index (χ0v) is 21.0. The predicted molar refractivity (Wildman–Crippen MR) is 140 cm³/mol. The van der Waals surface area contributed by atoms with Crippen LogP contribution in [0.25, 0.3) is 0 Å². The fourth-order valence-electron chi connectivity index (χ4n) is 3.35. The molecule has 0 saturated carbocycles. The van der Waals surface area contributed by atoms with Gasteiger partial charge in [0, 0.05) is 16.9 Å². The number of amides is 3. The first-order valence-electron chi connectivity index (χ1n) is 11.3. The highest BCUT2D eigenvalue weighted by Crippen LogP contribution is 2.30. The normalized spacial score (nSPS) is 10.5. The molecule has 10 nitrogen and oxygen atoms in total. The summed E-state index contributed by atoms with van der Waals surface area (Å²) in [5.74, 6) is -0.916. The van der Waals surface area contributed by atoms with Gasteiger partial charge in [-0.25, -0.2) is 5.43 Å². The van der Waals surface area contributed by atoms with Gasteiger partial charge in [0.15, 0.2) is 18.1 Å². The summed E-state index contributed by atoms with van der Waals surface area (Å²) >= 11 is 0. The second-order valence-corrected chi connectivity index (χ2v) is 7.86. The van der Waals surface area contributed by atoms with Crippen molar-refractivity contribution < 1.29 is 28.6 Å². The van der Waals surface area contributed by atoms with E-state index in [0.29, 0.717) is 28.4 Å². The van der Waals surface area contributed by atoms with Crippen molar-refractivity contribution in [3.63, 3.8) is 0 Å². The van der Waals surface area contributed by atoms with Crippen LogP contribution in [0.15, 0.2) is 65.8 Å². The van der Waals surface area contributed by atoms with Crippen molar-refractivity contribution in [2.45, 2.75) is 13.8 Å². The van der Waals surface area contributed by atoms with Gasteiger partial charge in [-0.2, -0.15) is 5.10 Å². The maximum atomic E-state index is 12.4. The number of nitrogens with one attached hydrogen (secondary N) is 3. The molecule has 0 unspecified atom stereocenters. The molecule has 0 bridgehead atoms. The van der Waals surface area contributed by atoms with Gasteiger partial charge in [-0.3, -0.25) is 14.4 Å². The summed E-state index contributed by atoms with van der Waals surface area (Å²) in [6, 6.07) is 17.4. The number of benzene rings is 3. The summed E-state index contributed by atoms with van der Waals surface area (Å²) in [4.78, 5) is 36.9. The molecule has 0 saturated heterocycles. The molecule has 0 spiro atoms. The summed E-state index contributed by atoms with van der Waals surface area (Å²) in [6.45, 7) is 3.36. The van der Waals surface area contributed by atoms with Crippen LogP contribution in [0.1, 0.15) is 16.7 Å². The highest BCUT2D eigenvalue weighted by Gasteiger charge is 2.16. The largest absolute Gasteiger partial charge is 0.497 e. The molecule has 192 valence electrons. The number of ether oxygens (including phenoxy) is 3. The molecule has 3 aromatic rings. The smallest absolute Gasteiger partial charge is 0.329 e. The summed E-state index contributed by atoms with van der Waals surface area (Å²) < 4.78 is 16.1. The van der Waals surface area contributed by atoms with Crippen molar-refractivity contribution >= 4 is 35.3 Å². The molecule has 0 heterocycles.